The van der Waals surface area contributed by atoms with E-state index in [4.69, 9.17) is 14.5 Å². The Labute approximate surface area is 126 Å². The molecule has 0 aliphatic heterocycles. The van der Waals surface area contributed by atoms with Gasteiger partial charge in [0.1, 0.15) is 17.5 Å². The molecular weight excluding hydrogens is 268 g/mol. The second-order valence-electron chi connectivity index (χ2n) is 5.25. The van der Waals surface area contributed by atoms with E-state index in [2.05, 4.69) is 22.1 Å². The lowest BCUT2D eigenvalue weighted by Gasteiger charge is -2.24. The topological polar surface area (TPSA) is 59.5 Å². The van der Waals surface area contributed by atoms with Gasteiger partial charge in [-0.15, -0.1) is 0 Å². The molecule has 2 rings (SSSR count). The first-order chi connectivity index (χ1) is 10.3. The Morgan fingerprint density at radius 3 is 2.38 bits per heavy atom. The Balaban J connectivity index is 2.19. The largest absolute Gasteiger partial charge is 0.383 e. The van der Waals surface area contributed by atoms with Crippen molar-refractivity contribution in [3.8, 4) is 0 Å². The third kappa shape index (κ3) is 4.82. The fraction of sp³-hybridized carbons (Fsp3) is 0.733. The Morgan fingerprint density at radius 2 is 1.86 bits per heavy atom. The fourth-order valence-electron chi connectivity index (χ4n) is 2.15. The molecule has 1 aliphatic carbocycles. The average Bonchev–Trinajstić information content (AvgIpc) is 3.32. The van der Waals surface area contributed by atoms with Crippen LogP contribution in [0, 0.1) is 0 Å². The van der Waals surface area contributed by atoms with Gasteiger partial charge in [-0.3, -0.25) is 0 Å². The van der Waals surface area contributed by atoms with Gasteiger partial charge in [0.2, 0.25) is 0 Å². The second kappa shape index (κ2) is 8.14. The van der Waals surface area contributed by atoms with Crippen LogP contribution in [0.2, 0.25) is 0 Å². The normalized spacial score (nSPS) is 14.2. The summed E-state index contributed by atoms with van der Waals surface area (Å²) in [4.78, 5) is 11.6. The van der Waals surface area contributed by atoms with Gasteiger partial charge < -0.3 is 19.7 Å². The van der Waals surface area contributed by atoms with Crippen LogP contribution in [0.3, 0.4) is 0 Å². The highest BCUT2D eigenvalue weighted by Gasteiger charge is 2.28. The van der Waals surface area contributed by atoms with E-state index in [1.165, 1.54) is 12.8 Å². The quantitative estimate of drug-likeness (QED) is 0.711. The first-order valence-corrected chi connectivity index (χ1v) is 7.64. The summed E-state index contributed by atoms with van der Waals surface area (Å²) in [6.45, 7) is 5.87. The summed E-state index contributed by atoms with van der Waals surface area (Å²) in [6, 6.07) is 2.01. The van der Waals surface area contributed by atoms with Crippen molar-refractivity contribution in [1.82, 2.24) is 9.97 Å². The maximum absolute atomic E-state index is 5.20. The number of nitrogens with zero attached hydrogens (tertiary/aromatic N) is 3. The molecule has 6 heteroatoms. The number of hydrogen-bond donors (Lipinski definition) is 1. The average molecular weight is 294 g/mol. The summed E-state index contributed by atoms with van der Waals surface area (Å²) in [6.07, 6.45) is 2.40. The van der Waals surface area contributed by atoms with Gasteiger partial charge in [-0.2, -0.15) is 0 Å². The number of anilines is 2. The summed E-state index contributed by atoms with van der Waals surface area (Å²) in [5.74, 6) is 3.36. The highest BCUT2D eigenvalue weighted by atomic mass is 16.5. The van der Waals surface area contributed by atoms with Gasteiger partial charge in [-0.05, 0) is 19.8 Å². The number of nitrogens with one attached hydrogen (secondary N) is 1. The molecule has 0 spiro atoms. The molecule has 0 saturated heterocycles. The Kier molecular flexibility index (Phi) is 6.20. The molecule has 0 unspecified atom stereocenters. The number of aromatic nitrogens is 2. The molecule has 0 atom stereocenters. The molecule has 1 saturated carbocycles. The number of rotatable bonds is 10. The highest BCUT2D eigenvalue weighted by molar-refractivity contribution is 5.50. The van der Waals surface area contributed by atoms with Crippen LogP contribution < -0.4 is 10.2 Å². The van der Waals surface area contributed by atoms with Crippen LogP contribution in [-0.2, 0) is 9.47 Å². The van der Waals surface area contributed by atoms with Crippen LogP contribution in [0.4, 0.5) is 11.6 Å². The lowest BCUT2D eigenvalue weighted by atomic mass is 10.3. The van der Waals surface area contributed by atoms with Gasteiger partial charge in [0.25, 0.3) is 0 Å². The van der Waals surface area contributed by atoms with Crippen LogP contribution in [0.5, 0.6) is 0 Å². The molecule has 118 valence electrons. The van der Waals surface area contributed by atoms with E-state index in [1.807, 2.05) is 6.07 Å². The summed E-state index contributed by atoms with van der Waals surface area (Å²) >= 11 is 0. The molecule has 1 N–H and O–H groups in total. The minimum Gasteiger partial charge on any atom is -0.383 e. The first-order valence-electron chi connectivity index (χ1n) is 7.64. The molecule has 1 aromatic rings. The van der Waals surface area contributed by atoms with E-state index in [1.54, 1.807) is 14.2 Å². The third-order valence-electron chi connectivity index (χ3n) is 3.48. The predicted molar refractivity (Wildman–Crippen MR) is 84.1 cm³/mol. The maximum atomic E-state index is 5.20. The molecule has 0 aromatic carbocycles. The monoisotopic (exact) mass is 294 g/mol. The Bertz CT molecular complexity index is 430. The van der Waals surface area contributed by atoms with Gasteiger partial charge in [0, 0.05) is 45.8 Å². The van der Waals surface area contributed by atoms with Crippen molar-refractivity contribution < 1.29 is 9.47 Å². The Hall–Kier alpha value is -1.40. The van der Waals surface area contributed by atoms with E-state index in [-0.39, 0.29) is 0 Å². The van der Waals surface area contributed by atoms with Gasteiger partial charge in [0.15, 0.2) is 0 Å². The number of hydrogen-bond acceptors (Lipinski definition) is 6. The van der Waals surface area contributed by atoms with Gasteiger partial charge >= 0.3 is 0 Å². The van der Waals surface area contributed by atoms with Crippen molar-refractivity contribution in [2.45, 2.75) is 25.7 Å². The highest BCUT2D eigenvalue weighted by Crippen LogP contribution is 2.39. The molecule has 1 aliphatic rings. The SMILES string of the molecule is CCNc1cc(N(CCOC)CCOC)nc(C2CC2)n1. The molecule has 1 aromatic heterocycles. The lowest BCUT2D eigenvalue weighted by Crippen LogP contribution is -2.31. The van der Waals surface area contributed by atoms with Crippen LogP contribution in [0.15, 0.2) is 6.07 Å². The maximum Gasteiger partial charge on any atom is 0.136 e. The zero-order valence-corrected chi connectivity index (χ0v) is 13.3. The summed E-state index contributed by atoms with van der Waals surface area (Å²) in [5.41, 5.74) is 0. The van der Waals surface area contributed by atoms with Gasteiger partial charge in [-0.25, -0.2) is 9.97 Å². The molecule has 1 fully saturated rings. The molecule has 0 radical (unpaired) electrons. The molecule has 0 bridgehead atoms. The van der Waals surface area contributed by atoms with Crippen molar-refractivity contribution in [2.24, 2.45) is 0 Å². The Morgan fingerprint density at radius 1 is 1.19 bits per heavy atom. The fourth-order valence-corrected chi connectivity index (χ4v) is 2.15. The van der Waals surface area contributed by atoms with E-state index in [9.17, 15) is 0 Å². The van der Waals surface area contributed by atoms with Crippen LogP contribution >= 0.6 is 0 Å². The molecule has 1 heterocycles. The second-order valence-corrected chi connectivity index (χ2v) is 5.25. The van der Waals surface area contributed by atoms with Crippen molar-refractivity contribution in [3.63, 3.8) is 0 Å². The number of methoxy groups -OCH3 is 2. The molecule has 0 amide bonds. The van der Waals surface area contributed by atoms with E-state index in [0.717, 1.165) is 37.1 Å². The molecular formula is C15H26N4O2. The van der Waals surface area contributed by atoms with Gasteiger partial charge in [-0.1, -0.05) is 0 Å². The summed E-state index contributed by atoms with van der Waals surface area (Å²) in [5, 5.41) is 3.30. The molecule has 6 nitrogen and oxygen atoms in total. The zero-order chi connectivity index (χ0) is 15.1. The summed E-state index contributed by atoms with van der Waals surface area (Å²) < 4.78 is 10.4. The van der Waals surface area contributed by atoms with Gasteiger partial charge in [0.05, 0.1) is 13.2 Å². The first kappa shape index (κ1) is 16.0. The number of ether oxygens (including phenoxy) is 2. The van der Waals surface area contributed by atoms with Crippen LogP contribution in [0.1, 0.15) is 31.5 Å². The predicted octanol–water partition coefficient (Wildman–Crippen LogP) is 1.88. The van der Waals surface area contributed by atoms with E-state index in [0.29, 0.717) is 19.1 Å². The smallest absolute Gasteiger partial charge is 0.136 e. The van der Waals surface area contributed by atoms with Crippen molar-refractivity contribution in [2.75, 3.05) is 57.3 Å². The van der Waals surface area contributed by atoms with E-state index >= 15 is 0 Å². The van der Waals surface area contributed by atoms with Crippen LogP contribution in [-0.4, -0.2) is 57.0 Å². The van der Waals surface area contributed by atoms with Crippen LogP contribution in [0.25, 0.3) is 0 Å². The summed E-state index contributed by atoms with van der Waals surface area (Å²) in [7, 11) is 3.43. The molecule has 21 heavy (non-hydrogen) atoms. The minimum atomic E-state index is 0.536. The van der Waals surface area contributed by atoms with E-state index < -0.39 is 0 Å². The minimum absolute atomic E-state index is 0.536. The van der Waals surface area contributed by atoms with Crippen molar-refractivity contribution >= 4 is 11.6 Å². The lowest BCUT2D eigenvalue weighted by molar-refractivity contribution is 0.190. The zero-order valence-electron chi connectivity index (χ0n) is 13.3. The third-order valence-corrected chi connectivity index (χ3v) is 3.48. The standard InChI is InChI=1S/C15H26N4O2/c1-4-16-13-11-14(18-15(17-13)12-5-6-12)19(7-9-20-2)8-10-21-3/h11-12H,4-10H2,1-3H3,(H,16,17,18). The van der Waals surface area contributed by atoms with Crippen molar-refractivity contribution in [1.29, 1.82) is 0 Å². The van der Waals surface area contributed by atoms with Crippen molar-refractivity contribution in [3.05, 3.63) is 11.9 Å².